The van der Waals surface area contributed by atoms with E-state index >= 15 is 0 Å². The quantitative estimate of drug-likeness (QED) is 0.225. The van der Waals surface area contributed by atoms with E-state index in [1.807, 2.05) is 13.0 Å². The zero-order chi connectivity index (χ0) is 25.6. The van der Waals surface area contributed by atoms with Gasteiger partial charge in [-0.1, -0.05) is 25.5 Å². The van der Waals surface area contributed by atoms with Crippen LogP contribution in [-0.4, -0.2) is 57.8 Å². The molecule has 0 unspecified atom stereocenters. The number of Topliss-reactive ketones (excluding diaryl/α,β-unsaturated/α-hetero) is 1. The second-order valence-corrected chi connectivity index (χ2v) is 10.8. The molecule has 10 nitrogen and oxygen atoms in total. The first-order valence-corrected chi connectivity index (χ1v) is 12.2. The number of rotatable bonds is 8. The minimum Gasteiger partial charge on any atom is -0.450 e. The minimum absolute atomic E-state index is 0.0265. The van der Waals surface area contributed by atoms with Crippen molar-refractivity contribution in [1.82, 2.24) is 0 Å². The molecule has 0 saturated heterocycles. The summed E-state index contributed by atoms with van der Waals surface area (Å²) in [6.07, 6.45) is 6.74. The van der Waals surface area contributed by atoms with Crippen molar-refractivity contribution in [1.29, 1.82) is 0 Å². The second kappa shape index (κ2) is 9.13. The van der Waals surface area contributed by atoms with Gasteiger partial charge in [-0.05, 0) is 62.5 Å². The number of aliphatic hydroxyl groups is 2. The van der Waals surface area contributed by atoms with E-state index < -0.39 is 46.0 Å². The van der Waals surface area contributed by atoms with Gasteiger partial charge in [0.2, 0.25) is 5.78 Å². The maximum Gasteiger partial charge on any atom is 0.306 e. The SMILES string of the molecule is C[C@]12C=CC(=O)C=C1CC[C@@H]1[C@@H]2[C@@H](O)C[C@@]2(C)[C@H]1CC[C@]2(OC(=O)CCCO[N+](=O)[O-])C(=O)CO. The smallest absolute Gasteiger partial charge is 0.306 e. The third kappa shape index (κ3) is 4.00. The molecule has 192 valence electrons. The van der Waals surface area contributed by atoms with Crippen LogP contribution in [0.2, 0.25) is 0 Å². The molecule has 0 aromatic carbocycles. The predicted octanol–water partition coefficient (Wildman–Crippen LogP) is 2.10. The Kier molecular flexibility index (Phi) is 6.65. The Hall–Kier alpha value is -2.59. The molecule has 0 aliphatic heterocycles. The van der Waals surface area contributed by atoms with E-state index in [2.05, 4.69) is 11.8 Å². The summed E-state index contributed by atoms with van der Waals surface area (Å²) >= 11 is 0. The monoisotopic (exact) mass is 491 g/mol. The molecule has 0 amide bonds. The lowest BCUT2D eigenvalue weighted by atomic mass is 9.46. The first-order valence-electron chi connectivity index (χ1n) is 12.2. The van der Waals surface area contributed by atoms with E-state index in [0.717, 1.165) is 12.0 Å². The summed E-state index contributed by atoms with van der Waals surface area (Å²) in [6.45, 7) is 2.86. The predicted molar refractivity (Wildman–Crippen MR) is 121 cm³/mol. The van der Waals surface area contributed by atoms with E-state index in [4.69, 9.17) is 4.74 Å². The molecule has 0 radical (unpaired) electrons. The van der Waals surface area contributed by atoms with Gasteiger partial charge in [-0.15, -0.1) is 10.1 Å². The summed E-state index contributed by atoms with van der Waals surface area (Å²) in [5.74, 6) is -1.44. The van der Waals surface area contributed by atoms with Gasteiger partial charge in [-0.25, -0.2) is 0 Å². The maximum absolute atomic E-state index is 13.2. The lowest BCUT2D eigenvalue weighted by Crippen LogP contribution is -2.63. The fourth-order valence-corrected chi connectivity index (χ4v) is 7.72. The number of aliphatic hydroxyl groups excluding tert-OH is 2. The fraction of sp³-hybridized carbons (Fsp3) is 0.720. The lowest BCUT2D eigenvalue weighted by molar-refractivity contribution is -0.757. The molecular weight excluding hydrogens is 458 g/mol. The molecule has 0 aromatic heterocycles. The van der Waals surface area contributed by atoms with Gasteiger partial charge in [0.25, 0.3) is 5.09 Å². The van der Waals surface area contributed by atoms with Crippen molar-refractivity contribution in [2.45, 2.75) is 70.5 Å². The van der Waals surface area contributed by atoms with Gasteiger partial charge in [0.05, 0.1) is 12.7 Å². The summed E-state index contributed by atoms with van der Waals surface area (Å²) in [6, 6.07) is 0. The van der Waals surface area contributed by atoms with E-state index in [-0.39, 0.29) is 55.8 Å². The average molecular weight is 492 g/mol. The molecule has 7 atom stereocenters. The van der Waals surface area contributed by atoms with Gasteiger partial charge >= 0.3 is 5.97 Å². The van der Waals surface area contributed by atoms with Crippen LogP contribution in [0, 0.1) is 38.7 Å². The highest BCUT2D eigenvalue weighted by Gasteiger charge is 2.70. The van der Waals surface area contributed by atoms with Gasteiger partial charge in [-0.2, -0.15) is 0 Å². The Morgan fingerprint density at radius 2 is 2.03 bits per heavy atom. The summed E-state index contributed by atoms with van der Waals surface area (Å²) in [4.78, 5) is 52.4. The first-order chi connectivity index (χ1) is 16.5. The van der Waals surface area contributed by atoms with Gasteiger partial charge in [0.1, 0.15) is 6.61 Å². The molecule has 35 heavy (non-hydrogen) atoms. The van der Waals surface area contributed by atoms with Gasteiger partial charge in [0, 0.05) is 23.2 Å². The molecule has 0 heterocycles. The zero-order valence-corrected chi connectivity index (χ0v) is 20.1. The van der Waals surface area contributed by atoms with E-state index in [1.54, 1.807) is 12.2 Å². The van der Waals surface area contributed by atoms with Crippen LogP contribution in [0.15, 0.2) is 23.8 Å². The lowest BCUT2D eigenvalue weighted by Gasteiger charge is -2.59. The number of carbonyl (C=O) groups excluding carboxylic acids is 3. The molecule has 0 aromatic rings. The van der Waals surface area contributed by atoms with Crippen molar-refractivity contribution in [3.05, 3.63) is 33.9 Å². The first kappa shape index (κ1) is 25.5. The van der Waals surface area contributed by atoms with Crippen LogP contribution in [0.25, 0.3) is 0 Å². The van der Waals surface area contributed by atoms with Crippen LogP contribution in [0.1, 0.15) is 58.8 Å². The zero-order valence-electron chi connectivity index (χ0n) is 20.1. The van der Waals surface area contributed by atoms with Crippen molar-refractivity contribution in [3.8, 4) is 0 Å². The number of hydrogen-bond acceptors (Lipinski definition) is 9. The normalized spacial score (nSPS) is 39.7. The summed E-state index contributed by atoms with van der Waals surface area (Å²) in [7, 11) is 0. The second-order valence-electron chi connectivity index (χ2n) is 10.8. The van der Waals surface area contributed by atoms with Gasteiger partial charge < -0.3 is 19.8 Å². The highest BCUT2D eigenvalue weighted by molar-refractivity contribution is 6.01. The Labute approximate surface area is 203 Å². The Morgan fingerprint density at radius 1 is 1.29 bits per heavy atom. The standard InChI is InChI=1S/C25H33NO9/c1-23-9-7-16(28)12-15(23)5-6-17-18-8-10-25(20(30)14-27,24(18,2)13-19(29)22(17)23)35-21(31)4-3-11-34-26(32)33/h7,9,12,17-19,22,27,29H,3-6,8,10-11,13-14H2,1-2H3/t17-,18-,19-,22+,23-,24-,25-/m0/s1. The third-order valence-corrected chi connectivity index (χ3v) is 9.22. The van der Waals surface area contributed by atoms with Crippen molar-refractivity contribution in [2.75, 3.05) is 13.2 Å². The molecule has 3 fully saturated rings. The third-order valence-electron chi connectivity index (χ3n) is 9.22. The molecule has 2 N–H and O–H groups in total. The number of carbonyl (C=O) groups is 3. The Morgan fingerprint density at radius 3 is 2.71 bits per heavy atom. The van der Waals surface area contributed by atoms with Crippen LogP contribution in [0.4, 0.5) is 0 Å². The highest BCUT2D eigenvalue weighted by atomic mass is 16.9. The van der Waals surface area contributed by atoms with Crippen molar-refractivity contribution >= 4 is 17.5 Å². The number of fused-ring (bicyclic) bond motifs is 5. The van der Waals surface area contributed by atoms with Crippen molar-refractivity contribution < 1.29 is 39.3 Å². The number of ether oxygens (including phenoxy) is 1. The highest BCUT2D eigenvalue weighted by Crippen LogP contribution is 2.67. The van der Waals surface area contributed by atoms with Crippen LogP contribution in [0.5, 0.6) is 0 Å². The largest absolute Gasteiger partial charge is 0.450 e. The van der Waals surface area contributed by atoms with Gasteiger partial charge in [0.15, 0.2) is 11.4 Å². The Bertz CT molecular complexity index is 989. The maximum atomic E-state index is 13.2. The van der Waals surface area contributed by atoms with Gasteiger partial charge in [-0.3, -0.25) is 14.4 Å². The molecule has 4 aliphatic carbocycles. The summed E-state index contributed by atoms with van der Waals surface area (Å²) in [5.41, 5.74) is -1.90. The van der Waals surface area contributed by atoms with E-state index in [9.17, 15) is 34.7 Å². The van der Waals surface area contributed by atoms with Crippen LogP contribution in [-0.2, 0) is 24.0 Å². The van der Waals surface area contributed by atoms with Crippen molar-refractivity contribution in [3.63, 3.8) is 0 Å². The number of nitrogens with zero attached hydrogens (tertiary/aromatic N) is 1. The average Bonchev–Trinajstić information content (AvgIpc) is 3.08. The molecule has 0 spiro atoms. The number of allylic oxidation sites excluding steroid dienone is 4. The Balaban J connectivity index is 1.61. The molecule has 4 aliphatic rings. The van der Waals surface area contributed by atoms with Crippen LogP contribution in [0.3, 0.4) is 0 Å². The van der Waals surface area contributed by atoms with Crippen LogP contribution >= 0.6 is 0 Å². The topological polar surface area (TPSA) is 153 Å². The molecule has 0 bridgehead atoms. The molecule has 4 rings (SSSR count). The minimum atomic E-state index is -1.57. The molecule has 3 saturated carbocycles. The number of hydrogen-bond donors (Lipinski definition) is 2. The van der Waals surface area contributed by atoms with Crippen molar-refractivity contribution in [2.24, 2.45) is 28.6 Å². The van der Waals surface area contributed by atoms with E-state index in [1.165, 1.54) is 0 Å². The number of esters is 1. The number of ketones is 2. The molecular formula is C25H33NO9. The summed E-state index contributed by atoms with van der Waals surface area (Å²) < 4.78 is 5.85. The summed E-state index contributed by atoms with van der Waals surface area (Å²) in [5, 5.41) is 30.7. The molecule has 10 heteroatoms. The van der Waals surface area contributed by atoms with Crippen LogP contribution < -0.4 is 0 Å². The fourth-order valence-electron chi connectivity index (χ4n) is 7.72. The van der Waals surface area contributed by atoms with E-state index in [0.29, 0.717) is 12.8 Å².